The van der Waals surface area contributed by atoms with Crippen LogP contribution in [0.1, 0.15) is 17.0 Å². The number of nitrogens with one attached hydrogen (secondary N) is 1. The van der Waals surface area contributed by atoms with Crippen molar-refractivity contribution >= 4 is 21.7 Å². The summed E-state index contributed by atoms with van der Waals surface area (Å²) in [5.74, 6) is 1.43. The summed E-state index contributed by atoms with van der Waals surface area (Å²) in [5, 5.41) is 3.34. The zero-order chi connectivity index (χ0) is 11.0. The van der Waals surface area contributed by atoms with Crippen LogP contribution in [0.15, 0.2) is 47.1 Å². The molecule has 16 heavy (non-hydrogen) atoms. The number of anilines is 1. The van der Waals surface area contributed by atoms with Crippen LogP contribution in [0.3, 0.4) is 0 Å². The van der Waals surface area contributed by atoms with Gasteiger partial charge in [0, 0.05) is 28.7 Å². The quantitative estimate of drug-likeness (QED) is 0.862. The van der Waals surface area contributed by atoms with Gasteiger partial charge >= 0.3 is 0 Å². The van der Waals surface area contributed by atoms with Crippen LogP contribution in [0.4, 0.5) is 5.82 Å². The van der Waals surface area contributed by atoms with E-state index < -0.39 is 0 Å². The lowest BCUT2D eigenvalue weighted by atomic mass is 9.94. The molecule has 0 saturated carbocycles. The summed E-state index contributed by atoms with van der Waals surface area (Å²) in [4.78, 5) is 4.38. The third-order valence-electron chi connectivity index (χ3n) is 2.93. The summed E-state index contributed by atoms with van der Waals surface area (Å²) in [6.07, 6.45) is 1.83. The average molecular weight is 275 g/mol. The van der Waals surface area contributed by atoms with Crippen LogP contribution in [-0.2, 0) is 0 Å². The predicted octanol–water partition coefficient (Wildman–Crippen LogP) is 3.40. The van der Waals surface area contributed by atoms with Gasteiger partial charge in [-0.3, -0.25) is 0 Å². The first kappa shape index (κ1) is 9.85. The van der Waals surface area contributed by atoms with Crippen LogP contribution in [0.2, 0.25) is 0 Å². The Bertz CT molecular complexity index is 511. The van der Waals surface area contributed by atoms with E-state index in [2.05, 4.69) is 56.6 Å². The van der Waals surface area contributed by atoms with Gasteiger partial charge in [0.05, 0.1) is 0 Å². The Morgan fingerprint density at radius 3 is 2.88 bits per heavy atom. The van der Waals surface area contributed by atoms with Crippen LogP contribution in [0.5, 0.6) is 0 Å². The highest BCUT2D eigenvalue weighted by atomic mass is 79.9. The number of hydrogen-bond donors (Lipinski definition) is 1. The third-order valence-corrected chi connectivity index (χ3v) is 3.37. The van der Waals surface area contributed by atoms with Crippen molar-refractivity contribution < 1.29 is 0 Å². The molecular weight excluding hydrogens is 264 g/mol. The number of hydrogen-bond acceptors (Lipinski definition) is 2. The maximum absolute atomic E-state index is 4.38. The van der Waals surface area contributed by atoms with Gasteiger partial charge in [-0.1, -0.05) is 30.3 Å². The van der Waals surface area contributed by atoms with Gasteiger partial charge in [-0.2, -0.15) is 0 Å². The molecule has 0 fully saturated rings. The van der Waals surface area contributed by atoms with Crippen LogP contribution >= 0.6 is 15.9 Å². The second-order valence-electron chi connectivity index (χ2n) is 3.94. The number of fused-ring (bicyclic) bond motifs is 1. The highest BCUT2D eigenvalue weighted by molar-refractivity contribution is 9.10. The molecule has 0 radical (unpaired) electrons. The van der Waals surface area contributed by atoms with Crippen molar-refractivity contribution in [3.63, 3.8) is 0 Å². The van der Waals surface area contributed by atoms with E-state index in [0.29, 0.717) is 5.92 Å². The van der Waals surface area contributed by atoms with Crippen molar-refractivity contribution in [2.24, 2.45) is 0 Å². The molecule has 0 spiro atoms. The molecule has 2 nitrogen and oxygen atoms in total. The van der Waals surface area contributed by atoms with Gasteiger partial charge in [-0.15, -0.1) is 0 Å². The fraction of sp³-hybridized carbons (Fsp3) is 0.154. The molecule has 1 atom stereocenters. The smallest absolute Gasteiger partial charge is 0.129 e. The van der Waals surface area contributed by atoms with E-state index in [4.69, 9.17) is 0 Å². The number of halogens is 1. The van der Waals surface area contributed by atoms with Crippen molar-refractivity contribution in [2.45, 2.75) is 5.92 Å². The van der Waals surface area contributed by atoms with Gasteiger partial charge in [0.25, 0.3) is 0 Å². The van der Waals surface area contributed by atoms with Crippen LogP contribution < -0.4 is 5.32 Å². The van der Waals surface area contributed by atoms with Crippen molar-refractivity contribution in [1.82, 2.24) is 4.98 Å². The summed E-state index contributed by atoms with van der Waals surface area (Å²) >= 11 is 3.47. The number of benzene rings is 1. The van der Waals surface area contributed by atoms with Gasteiger partial charge in [0.15, 0.2) is 0 Å². The maximum Gasteiger partial charge on any atom is 0.129 e. The molecule has 0 saturated heterocycles. The Morgan fingerprint density at radius 1 is 1.25 bits per heavy atom. The predicted molar refractivity (Wildman–Crippen MR) is 68.7 cm³/mol. The lowest BCUT2D eigenvalue weighted by Gasteiger charge is -2.09. The van der Waals surface area contributed by atoms with E-state index in [0.717, 1.165) is 16.8 Å². The zero-order valence-electron chi connectivity index (χ0n) is 8.65. The molecule has 1 N–H and O–H groups in total. The minimum Gasteiger partial charge on any atom is -0.369 e. The van der Waals surface area contributed by atoms with E-state index in [9.17, 15) is 0 Å². The van der Waals surface area contributed by atoms with Crippen molar-refractivity contribution in [3.05, 3.63) is 58.2 Å². The second-order valence-corrected chi connectivity index (χ2v) is 4.85. The van der Waals surface area contributed by atoms with Gasteiger partial charge in [0.2, 0.25) is 0 Å². The highest BCUT2D eigenvalue weighted by Gasteiger charge is 2.24. The summed E-state index contributed by atoms with van der Waals surface area (Å²) in [6, 6.07) is 12.7. The van der Waals surface area contributed by atoms with Crippen molar-refractivity contribution in [2.75, 3.05) is 11.9 Å². The number of rotatable bonds is 1. The monoisotopic (exact) mass is 274 g/mol. The fourth-order valence-electron chi connectivity index (χ4n) is 2.16. The van der Waals surface area contributed by atoms with Crippen LogP contribution in [0.25, 0.3) is 0 Å². The van der Waals surface area contributed by atoms with Crippen LogP contribution in [0, 0.1) is 0 Å². The summed E-state index contributed by atoms with van der Waals surface area (Å²) in [7, 11) is 0. The Labute approximate surface area is 103 Å². The first-order valence-electron chi connectivity index (χ1n) is 5.29. The van der Waals surface area contributed by atoms with Gasteiger partial charge in [-0.25, -0.2) is 4.98 Å². The molecular formula is C13H11BrN2. The van der Waals surface area contributed by atoms with Crippen LogP contribution in [-0.4, -0.2) is 11.5 Å². The van der Waals surface area contributed by atoms with Gasteiger partial charge in [-0.05, 0) is 27.6 Å². The standard InChI is InChI=1S/C13H11BrN2/c14-10-6-11-12(8-16-13(11)15-7-10)9-4-2-1-3-5-9/h1-7,12H,8H2,(H,15,16). The first-order chi connectivity index (χ1) is 7.84. The van der Waals surface area contributed by atoms with Gasteiger partial charge < -0.3 is 5.32 Å². The van der Waals surface area contributed by atoms with E-state index in [1.807, 2.05) is 12.3 Å². The van der Waals surface area contributed by atoms with E-state index >= 15 is 0 Å². The summed E-state index contributed by atoms with van der Waals surface area (Å²) in [6.45, 7) is 0.933. The lowest BCUT2D eigenvalue weighted by Crippen LogP contribution is -2.03. The minimum atomic E-state index is 0.418. The lowest BCUT2D eigenvalue weighted by molar-refractivity contribution is 0.906. The SMILES string of the molecule is Brc1cnc2c(c1)C(c1ccccc1)CN2. The molecule has 1 aromatic carbocycles. The van der Waals surface area contributed by atoms with E-state index in [-0.39, 0.29) is 0 Å². The Kier molecular flexibility index (Phi) is 2.40. The molecule has 1 aromatic heterocycles. The number of aromatic nitrogens is 1. The van der Waals surface area contributed by atoms with E-state index in [1.54, 1.807) is 0 Å². The molecule has 2 heterocycles. The molecule has 1 aliphatic rings. The minimum absolute atomic E-state index is 0.418. The largest absolute Gasteiger partial charge is 0.369 e. The third kappa shape index (κ3) is 1.61. The first-order valence-corrected chi connectivity index (χ1v) is 6.08. The molecule has 1 unspecified atom stereocenters. The normalized spacial score (nSPS) is 17.9. The molecule has 0 aliphatic carbocycles. The molecule has 0 bridgehead atoms. The fourth-order valence-corrected chi connectivity index (χ4v) is 2.51. The molecule has 80 valence electrons. The van der Waals surface area contributed by atoms with Gasteiger partial charge in [0.1, 0.15) is 5.82 Å². The molecule has 1 aliphatic heterocycles. The average Bonchev–Trinajstić information content (AvgIpc) is 2.73. The molecule has 2 aromatic rings. The summed E-state index contributed by atoms with van der Waals surface area (Å²) < 4.78 is 1.04. The second kappa shape index (κ2) is 3.91. The molecule has 0 amide bonds. The van der Waals surface area contributed by atoms with Crippen molar-refractivity contribution in [1.29, 1.82) is 0 Å². The Morgan fingerprint density at radius 2 is 2.06 bits per heavy atom. The Hall–Kier alpha value is -1.35. The Balaban J connectivity index is 2.06. The van der Waals surface area contributed by atoms with E-state index in [1.165, 1.54) is 11.1 Å². The number of pyridine rings is 1. The topological polar surface area (TPSA) is 24.9 Å². The number of nitrogens with zero attached hydrogens (tertiary/aromatic N) is 1. The molecule has 3 rings (SSSR count). The van der Waals surface area contributed by atoms with Crippen molar-refractivity contribution in [3.8, 4) is 0 Å². The molecule has 3 heteroatoms. The highest BCUT2D eigenvalue weighted by Crippen LogP contribution is 2.35. The maximum atomic E-state index is 4.38. The summed E-state index contributed by atoms with van der Waals surface area (Å²) in [5.41, 5.74) is 2.62. The zero-order valence-corrected chi connectivity index (χ0v) is 10.2.